The van der Waals surface area contributed by atoms with Crippen molar-refractivity contribution in [3.63, 3.8) is 0 Å². The van der Waals surface area contributed by atoms with Gasteiger partial charge in [-0.2, -0.15) is 0 Å². The number of nitrogens with one attached hydrogen (secondary N) is 1. The molecule has 0 saturated carbocycles. The fourth-order valence-electron chi connectivity index (χ4n) is 2.46. The molecule has 7 nitrogen and oxygen atoms in total. The van der Waals surface area contributed by atoms with E-state index >= 15 is 0 Å². The van der Waals surface area contributed by atoms with E-state index in [1.54, 1.807) is 18.2 Å². The number of aryl methyl sites for hydroxylation is 1. The lowest BCUT2D eigenvalue weighted by molar-refractivity contribution is -0.117. The first-order valence-electron chi connectivity index (χ1n) is 8.34. The Hall–Kier alpha value is -2.84. The molecular formula is C19H18ClN3O4S. The largest absolute Gasteiger partial charge is 0.495 e. The molecule has 0 unspecified atom stereocenters. The van der Waals surface area contributed by atoms with E-state index in [4.69, 9.17) is 37.7 Å². The summed E-state index contributed by atoms with van der Waals surface area (Å²) in [5.41, 5.74) is 1.54. The van der Waals surface area contributed by atoms with Gasteiger partial charge in [0, 0.05) is 5.02 Å². The van der Waals surface area contributed by atoms with Crippen LogP contribution in [0.2, 0.25) is 5.02 Å². The number of rotatable bonds is 7. The van der Waals surface area contributed by atoms with Crippen molar-refractivity contribution < 1.29 is 18.7 Å². The number of amides is 1. The molecular weight excluding hydrogens is 402 g/mol. The quantitative estimate of drug-likeness (QED) is 0.572. The van der Waals surface area contributed by atoms with Gasteiger partial charge in [0.2, 0.25) is 5.91 Å². The van der Waals surface area contributed by atoms with Gasteiger partial charge in [-0.15, -0.1) is 5.10 Å². The maximum absolute atomic E-state index is 12.3. The zero-order chi connectivity index (χ0) is 20.1. The van der Waals surface area contributed by atoms with Crippen molar-refractivity contribution in [1.82, 2.24) is 9.78 Å². The number of hydrogen-bond acceptors (Lipinski definition) is 6. The Morgan fingerprint density at radius 3 is 2.89 bits per heavy atom. The minimum absolute atomic E-state index is 0.0797. The predicted octanol–water partition coefficient (Wildman–Crippen LogP) is 4.39. The number of anilines is 1. The van der Waals surface area contributed by atoms with Crippen LogP contribution in [-0.2, 0) is 17.9 Å². The van der Waals surface area contributed by atoms with Gasteiger partial charge in [0.25, 0.3) is 10.7 Å². The highest BCUT2D eigenvalue weighted by molar-refractivity contribution is 7.71. The summed E-state index contributed by atoms with van der Waals surface area (Å²) < 4.78 is 17.5. The van der Waals surface area contributed by atoms with Crippen molar-refractivity contribution in [2.24, 2.45) is 0 Å². The number of halogens is 1. The van der Waals surface area contributed by atoms with E-state index in [1.165, 1.54) is 11.8 Å². The molecule has 1 heterocycles. The number of methoxy groups -OCH3 is 1. The zero-order valence-corrected chi connectivity index (χ0v) is 16.8. The molecule has 9 heteroatoms. The standard InChI is InChI=1S/C19H18ClN3O4S/c1-12-4-3-5-14(8-12)26-11-18-22-23(19(28)27-18)10-17(24)21-15-9-13(20)6-7-16(15)25-2/h3-9H,10-11H2,1-2H3,(H,21,24). The van der Waals surface area contributed by atoms with Crippen molar-refractivity contribution in [1.29, 1.82) is 0 Å². The van der Waals surface area contributed by atoms with Crippen LogP contribution in [0.4, 0.5) is 5.69 Å². The molecule has 0 aliphatic heterocycles. The predicted molar refractivity (Wildman–Crippen MR) is 107 cm³/mol. The van der Waals surface area contributed by atoms with Crippen molar-refractivity contribution in [2.45, 2.75) is 20.1 Å². The third-order valence-electron chi connectivity index (χ3n) is 3.73. The van der Waals surface area contributed by atoms with Crippen LogP contribution in [0.1, 0.15) is 11.5 Å². The Balaban J connectivity index is 1.64. The molecule has 0 aliphatic rings. The van der Waals surface area contributed by atoms with E-state index in [1.807, 2.05) is 31.2 Å². The second-order valence-corrected chi connectivity index (χ2v) is 6.70. The van der Waals surface area contributed by atoms with Crippen LogP contribution in [0.15, 0.2) is 46.9 Å². The van der Waals surface area contributed by atoms with Gasteiger partial charge in [-0.25, -0.2) is 4.68 Å². The molecule has 28 heavy (non-hydrogen) atoms. The SMILES string of the molecule is COc1ccc(Cl)cc1NC(=O)Cn1nc(COc2cccc(C)c2)oc1=S. The molecule has 1 N–H and O–H groups in total. The molecule has 3 rings (SSSR count). The van der Waals surface area contributed by atoms with Gasteiger partial charge >= 0.3 is 0 Å². The Bertz CT molecular complexity index is 1050. The molecule has 1 amide bonds. The first-order chi connectivity index (χ1) is 13.4. The maximum Gasteiger partial charge on any atom is 0.287 e. The average molecular weight is 420 g/mol. The fraction of sp³-hybridized carbons (Fsp3) is 0.211. The van der Waals surface area contributed by atoms with Gasteiger partial charge in [-0.1, -0.05) is 23.7 Å². The van der Waals surface area contributed by atoms with Gasteiger partial charge in [-0.05, 0) is 55.0 Å². The first-order valence-corrected chi connectivity index (χ1v) is 9.13. The third-order valence-corrected chi connectivity index (χ3v) is 4.26. The van der Waals surface area contributed by atoms with Crippen LogP contribution >= 0.6 is 23.8 Å². The Morgan fingerprint density at radius 1 is 1.32 bits per heavy atom. The van der Waals surface area contributed by atoms with Crippen molar-refractivity contribution >= 4 is 35.4 Å². The molecule has 146 valence electrons. The summed E-state index contributed by atoms with van der Waals surface area (Å²) in [5, 5.41) is 7.39. The summed E-state index contributed by atoms with van der Waals surface area (Å²) in [6.07, 6.45) is 0. The van der Waals surface area contributed by atoms with Crippen molar-refractivity contribution in [2.75, 3.05) is 12.4 Å². The summed E-state index contributed by atoms with van der Waals surface area (Å²) in [6, 6.07) is 12.5. The van der Waals surface area contributed by atoms with Gasteiger partial charge in [0.1, 0.15) is 18.0 Å². The summed E-state index contributed by atoms with van der Waals surface area (Å²) in [7, 11) is 1.51. The summed E-state index contributed by atoms with van der Waals surface area (Å²) >= 11 is 11.1. The lowest BCUT2D eigenvalue weighted by Crippen LogP contribution is -2.20. The number of benzene rings is 2. The summed E-state index contributed by atoms with van der Waals surface area (Å²) in [4.78, 5) is 12.4. The van der Waals surface area contributed by atoms with E-state index < -0.39 is 0 Å². The van der Waals surface area contributed by atoms with Gasteiger partial charge in [-0.3, -0.25) is 4.79 Å². The van der Waals surface area contributed by atoms with E-state index in [9.17, 15) is 4.79 Å². The normalized spacial score (nSPS) is 10.5. The van der Waals surface area contributed by atoms with Gasteiger partial charge in [0.05, 0.1) is 12.8 Å². The number of ether oxygens (including phenoxy) is 2. The van der Waals surface area contributed by atoms with E-state index in [2.05, 4.69) is 10.4 Å². The molecule has 0 bridgehead atoms. The fourth-order valence-corrected chi connectivity index (χ4v) is 2.84. The van der Waals surface area contributed by atoms with Crippen LogP contribution in [0.5, 0.6) is 11.5 Å². The highest BCUT2D eigenvalue weighted by Crippen LogP contribution is 2.27. The molecule has 0 spiro atoms. The number of nitrogens with zero attached hydrogens (tertiary/aromatic N) is 2. The summed E-state index contributed by atoms with van der Waals surface area (Å²) in [5.74, 6) is 1.12. The smallest absolute Gasteiger partial charge is 0.287 e. The van der Waals surface area contributed by atoms with Gasteiger partial charge in [0.15, 0.2) is 6.61 Å². The van der Waals surface area contributed by atoms with E-state index in [0.29, 0.717) is 22.2 Å². The number of aromatic nitrogens is 2. The molecule has 0 aliphatic carbocycles. The Labute approximate surface area is 171 Å². The van der Waals surface area contributed by atoms with E-state index in [-0.39, 0.29) is 29.8 Å². The third kappa shape index (κ3) is 5.11. The topological polar surface area (TPSA) is 78.5 Å². The van der Waals surface area contributed by atoms with Gasteiger partial charge < -0.3 is 19.2 Å². The lowest BCUT2D eigenvalue weighted by atomic mass is 10.2. The molecule has 2 aromatic carbocycles. The molecule has 1 aromatic heterocycles. The monoisotopic (exact) mass is 419 g/mol. The lowest BCUT2D eigenvalue weighted by Gasteiger charge is -2.10. The first kappa shape index (κ1) is 19.9. The molecule has 3 aromatic rings. The van der Waals surface area contributed by atoms with Crippen LogP contribution in [0, 0.1) is 11.8 Å². The minimum atomic E-state index is -0.351. The number of hydrogen-bond donors (Lipinski definition) is 1. The number of carbonyl (C=O) groups is 1. The minimum Gasteiger partial charge on any atom is -0.495 e. The molecule has 0 radical (unpaired) electrons. The number of carbonyl (C=O) groups excluding carboxylic acids is 1. The molecule has 0 atom stereocenters. The summed E-state index contributed by atoms with van der Waals surface area (Å²) in [6.45, 7) is 1.95. The molecule has 0 saturated heterocycles. The van der Waals surface area contributed by atoms with Crippen LogP contribution in [0.25, 0.3) is 0 Å². The highest BCUT2D eigenvalue weighted by atomic mass is 35.5. The zero-order valence-electron chi connectivity index (χ0n) is 15.3. The van der Waals surface area contributed by atoms with Crippen LogP contribution < -0.4 is 14.8 Å². The van der Waals surface area contributed by atoms with Crippen LogP contribution in [-0.4, -0.2) is 22.8 Å². The van der Waals surface area contributed by atoms with E-state index in [0.717, 1.165) is 5.56 Å². The molecule has 0 fully saturated rings. The second kappa shape index (κ2) is 8.90. The van der Waals surface area contributed by atoms with Crippen molar-refractivity contribution in [3.05, 3.63) is 63.8 Å². The average Bonchev–Trinajstić information content (AvgIpc) is 2.99. The maximum atomic E-state index is 12.3. The Kier molecular flexibility index (Phi) is 6.33. The second-order valence-electron chi connectivity index (χ2n) is 5.92. The Morgan fingerprint density at radius 2 is 2.14 bits per heavy atom. The van der Waals surface area contributed by atoms with Crippen LogP contribution in [0.3, 0.4) is 0 Å². The highest BCUT2D eigenvalue weighted by Gasteiger charge is 2.13. The van der Waals surface area contributed by atoms with Crippen molar-refractivity contribution in [3.8, 4) is 11.5 Å².